The van der Waals surface area contributed by atoms with Crippen molar-refractivity contribution in [2.45, 2.75) is 70.1 Å². The van der Waals surface area contributed by atoms with Gasteiger partial charge in [0.1, 0.15) is 10.8 Å². The number of anilines is 1. The molecule has 0 radical (unpaired) electrons. The van der Waals surface area contributed by atoms with E-state index in [0.29, 0.717) is 52.3 Å². The van der Waals surface area contributed by atoms with Crippen LogP contribution in [0.2, 0.25) is 5.02 Å². The second kappa shape index (κ2) is 13.7. The normalized spacial score (nSPS) is 20.5. The van der Waals surface area contributed by atoms with E-state index in [1.54, 1.807) is 28.9 Å². The number of carbonyl (C=O) groups is 3. The topological polar surface area (TPSA) is 119 Å². The number of rotatable bonds is 8. The molecule has 2 aromatic heterocycles. The molecule has 3 heterocycles. The number of nitrogens with zero attached hydrogens (tertiary/aromatic N) is 5. The predicted molar refractivity (Wildman–Crippen MR) is 168 cm³/mol. The van der Waals surface area contributed by atoms with Gasteiger partial charge in [-0.15, -0.1) is 0 Å². The summed E-state index contributed by atoms with van der Waals surface area (Å²) in [6, 6.07) is 6.81. The van der Waals surface area contributed by atoms with Crippen LogP contribution in [-0.4, -0.2) is 81.4 Å². The minimum Gasteiger partial charge on any atom is -0.489 e. The van der Waals surface area contributed by atoms with Crippen molar-refractivity contribution in [2.24, 2.45) is 0 Å². The highest BCUT2D eigenvalue weighted by atomic mass is 35.5. The SMILES string of the molecule is C=CC(=O)N1CCCC[C@@H](n2c(NC(=O)c3ccnc(OC)c3)nc3ccc(OC4CCC(N(C)C(C)=O)CC4)c(Cl)c32)C1. The van der Waals surface area contributed by atoms with E-state index in [0.717, 1.165) is 44.9 Å². The summed E-state index contributed by atoms with van der Waals surface area (Å²) in [7, 11) is 3.34. The molecule has 1 atom stereocenters. The molecule has 2 aliphatic rings. The van der Waals surface area contributed by atoms with Crippen molar-refractivity contribution in [1.82, 2.24) is 24.3 Å². The Balaban J connectivity index is 1.49. The Morgan fingerprint density at radius 1 is 1.14 bits per heavy atom. The highest BCUT2D eigenvalue weighted by Crippen LogP contribution is 2.40. The van der Waals surface area contributed by atoms with Crippen molar-refractivity contribution in [3.8, 4) is 11.6 Å². The van der Waals surface area contributed by atoms with Gasteiger partial charge < -0.3 is 23.8 Å². The molecule has 1 saturated carbocycles. The molecule has 0 spiro atoms. The van der Waals surface area contributed by atoms with Gasteiger partial charge in [-0.25, -0.2) is 9.97 Å². The third-order valence-electron chi connectivity index (χ3n) is 8.67. The summed E-state index contributed by atoms with van der Waals surface area (Å²) in [5.74, 6) is 0.722. The fraction of sp³-hybridized carbons (Fsp3) is 0.469. The number of amides is 3. The number of likely N-dealkylation sites (tertiary alicyclic amines) is 1. The highest BCUT2D eigenvalue weighted by Gasteiger charge is 2.30. The van der Waals surface area contributed by atoms with Crippen molar-refractivity contribution in [3.05, 3.63) is 53.7 Å². The molecule has 44 heavy (non-hydrogen) atoms. The summed E-state index contributed by atoms with van der Waals surface area (Å²) in [6.07, 6.45) is 8.58. The molecular weight excluding hydrogens is 584 g/mol. The molecule has 3 aromatic rings. The Morgan fingerprint density at radius 2 is 1.91 bits per heavy atom. The summed E-state index contributed by atoms with van der Waals surface area (Å²) in [5.41, 5.74) is 1.60. The van der Waals surface area contributed by atoms with Crippen LogP contribution in [-0.2, 0) is 9.59 Å². The van der Waals surface area contributed by atoms with Crippen LogP contribution in [0.1, 0.15) is 68.3 Å². The van der Waals surface area contributed by atoms with E-state index < -0.39 is 0 Å². The molecule has 3 amide bonds. The van der Waals surface area contributed by atoms with Gasteiger partial charge in [0, 0.05) is 50.9 Å². The zero-order chi connectivity index (χ0) is 31.4. The zero-order valence-electron chi connectivity index (χ0n) is 25.4. The molecule has 234 valence electrons. The lowest BCUT2D eigenvalue weighted by Gasteiger charge is -2.34. The van der Waals surface area contributed by atoms with Gasteiger partial charge >= 0.3 is 0 Å². The second-order valence-electron chi connectivity index (χ2n) is 11.4. The lowest BCUT2D eigenvalue weighted by atomic mass is 9.92. The average Bonchev–Trinajstić information content (AvgIpc) is 3.22. The third-order valence-corrected chi connectivity index (χ3v) is 9.03. The molecule has 12 heteroatoms. The van der Waals surface area contributed by atoms with Crippen LogP contribution in [0.5, 0.6) is 11.6 Å². The standard InChI is InChI=1S/C32H39ClN6O5/c1-5-28(41)38-17-7-6-8-23(19-38)39-30-25(35-32(39)36-31(42)21-15-16-34-27(18-21)43-4)13-14-26(29(30)33)44-24-11-9-22(10-12-24)37(3)20(2)40/h5,13-16,18,22-24H,1,6-12,17,19H2,2-4H3,(H,35,36,42)/t22?,23-,24?/m1/s1. The fourth-order valence-electron chi connectivity index (χ4n) is 6.15. The quantitative estimate of drug-likeness (QED) is 0.341. The highest BCUT2D eigenvalue weighted by molar-refractivity contribution is 6.36. The van der Waals surface area contributed by atoms with Gasteiger partial charge in [-0.05, 0) is 69.2 Å². The lowest BCUT2D eigenvalue weighted by Crippen LogP contribution is -2.40. The monoisotopic (exact) mass is 622 g/mol. The van der Waals surface area contributed by atoms with Crippen molar-refractivity contribution in [1.29, 1.82) is 0 Å². The molecule has 0 bridgehead atoms. The van der Waals surface area contributed by atoms with Crippen LogP contribution in [0.3, 0.4) is 0 Å². The second-order valence-corrected chi connectivity index (χ2v) is 11.8. The van der Waals surface area contributed by atoms with Crippen LogP contribution >= 0.6 is 11.6 Å². The maximum absolute atomic E-state index is 13.4. The largest absolute Gasteiger partial charge is 0.489 e. The number of ether oxygens (including phenoxy) is 2. The summed E-state index contributed by atoms with van der Waals surface area (Å²) in [6.45, 7) is 6.30. The number of benzene rings is 1. The molecule has 1 N–H and O–H groups in total. The molecule has 2 fully saturated rings. The first-order valence-electron chi connectivity index (χ1n) is 15.0. The van der Waals surface area contributed by atoms with Gasteiger partial charge in [0.25, 0.3) is 5.91 Å². The number of carbonyl (C=O) groups excluding carboxylic acids is 3. The van der Waals surface area contributed by atoms with Gasteiger partial charge in [-0.2, -0.15) is 0 Å². The summed E-state index contributed by atoms with van der Waals surface area (Å²) in [5, 5.41) is 3.37. The van der Waals surface area contributed by atoms with Gasteiger partial charge in [0.15, 0.2) is 0 Å². The summed E-state index contributed by atoms with van der Waals surface area (Å²) < 4.78 is 13.6. The molecule has 5 rings (SSSR count). The van der Waals surface area contributed by atoms with E-state index in [9.17, 15) is 14.4 Å². The number of hydrogen-bond donors (Lipinski definition) is 1. The molecule has 1 saturated heterocycles. The number of pyridine rings is 1. The maximum atomic E-state index is 13.4. The van der Waals surface area contributed by atoms with Gasteiger partial charge in [0.05, 0.1) is 30.3 Å². The van der Waals surface area contributed by atoms with E-state index in [4.69, 9.17) is 26.1 Å². The fourth-order valence-corrected chi connectivity index (χ4v) is 6.44. The van der Waals surface area contributed by atoms with Gasteiger partial charge in [-0.1, -0.05) is 18.2 Å². The van der Waals surface area contributed by atoms with E-state index in [1.807, 2.05) is 23.7 Å². The first-order chi connectivity index (χ1) is 21.2. The molecule has 0 unspecified atom stereocenters. The molecule has 1 aromatic carbocycles. The summed E-state index contributed by atoms with van der Waals surface area (Å²) in [4.78, 5) is 50.4. The van der Waals surface area contributed by atoms with E-state index in [1.165, 1.54) is 19.4 Å². The number of nitrogens with one attached hydrogen (secondary N) is 1. The van der Waals surface area contributed by atoms with Gasteiger partial charge in [0.2, 0.25) is 23.6 Å². The molecular formula is C32H39ClN6O5. The first-order valence-corrected chi connectivity index (χ1v) is 15.4. The Hall–Kier alpha value is -4.12. The van der Waals surface area contributed by atoms with Crippen molar-refractivity contribution >= 4 is 46.3 Å². The van der Waals surface area contributed by atoms with Crippen molar-refractivity contribution in [3.63, 3.8) is 0 Å². The van der Waals surface area contributed by atoms with Crippen LogP contribution in [0, 0.1) is 0 Å². The average molecular weight is 623 g/mol. The minimum absolute atomic E-state index is 0.0441. The Kier molecular flexibility index (Phi) is 9.73. The molecule has 11 nitrogen and oxygen atoms in total. The van der Waals surface area contributed by atoms with Crippen LogP contribution < -0.4 is 14.8 Å². The smallest absolute Gasteiger partial charge is 0.258 e. The van der Waals surface area contributed by atoms with Crippen LogP contribution in [0.4, 0.5) is 5.95 Å². The Labute approximate surface area is 262 Å². The Bertz CT molecular complexity index is 1550. The van der Waals surface area contributed by atoms with E-state index >= 15 is 0 Å². The van der Waals surface area contributed by atoms with Gasteiger partial charge in [-0.3, -0.25) is 19.7 Å². The van der Waals surface area contributed by atoms with Crippen molar-refractivity contribution in [2.75, 3.05) is 32.6 Å². The van der Waals surface area contributed by atoms with Crippen LogP contribution in [0.15, 0.2) is 43.1 Å². The van der Waals surface area contributed by atoms with Crippen LogP contribution in [0.25, 0.3) is 11.0 Å². The predicted octanol–water partition coefficient (Wildman–Crippen LogP) is 5.25. The number of imidazole rings is 1. The number of methoxy groups -OCH3 is 1. The number of hydrogen-bond acceptors (Lipinski definition) is 7. The third kappa shape index (κ3) is 6.67. The Morgan fingerprint density at radius 3 is 2.61 bits per heavy atom. The number of fused-ring (bicyclic) bond motifs is 1. The van der Waals surface area contributed by atoms with Crippen molar-refractivity contribution < 1.29 is 23.9 Å². The molecule has 1 aliphatic heterocycles. The lowest BCUT2D eigenvalue weighted by molar-refractivity contribution is -0.130. The number of halogens is 1. The maximum Gasteiger partial charge on any atom is 0.258 e. The summed E-state index contributed by atoms with van der Waals surface area (Å²) >= 11 is 7.11. The number of aromatic nitrogens is 3. The first kappa shape index (κ1) is 31.3. The zero-order valence-corrected chi connectivity index (χ0v) is 26.2. The van der Waals surface area contributed by atoms with E-state index in [2.05, 4.69) is 16.9 Å². The minimum atomic E-state index is -0.380. The van der Waals surface area contributed by atoms with E-state index in [-0.39, 0.29) is 35.9 Å². The molecule has 1 aliphatic carbocycles.